The van der Waals surface area contributed by atoms with Gasteiger partial charge in [0.05, 0.1) is 16.9 Å². The van der Waals surface area contributed by atoms with E-state index in [1.807, 2.05) is 6.92 Å². The zero-order valence-corrected chi connectivity index (χ0v) is 13.6. The van der Waals surface area contributed by atoms with E-state index in [0.29, 0.717) is 17.0 Å². The van der Waals surface area contributed by atoms with Gasteiger partial charge in [0.25, 0.3) is 5.56 Å². The normalized spacial score (nSPS) is 16.3. The van der Waals surface area contributed by atoms with Crippen molar-refractivity contribution in [3.05, 3.63) is 32.6 Å². The topological polar surface area (TPSA) is 93.8 Å². The van der Waals surface area contributed by atoms with Crippen molar-refractivity contribution in [2.45, 2.75) is 13.5 Å². The lowest BCUT2D eigenvalue weighted by Gasteiger charge is -2.34. The molecule has 3 aromatic rings. The highest BCUT2D eigenvalue weighted by Crippen LogP contribution is 2.15. The number of aromatic nitrogens is 5. The molecule has 0 atom stereocenters. The van der Waals surface area contributed by atoms with Crippen LogP contribution in [0.4, 0.5) is 5.95 Å². The predicted octanol–water partition coefficient (Wildman–Crippen LogP) is 0.733. The van der Waals surface area contributed by atoms with Gasteiger partial charge in [0.1, 0.15) is 5.39 Å². The largest absolute Gasteiger partial charge is 0.340 e. The van der Waals surface area contributed by atoms with Crippen molar-refractivity contribution in [1.29, 1.82) is 0 Å². The molecule has 2 N–H and O–H groups in total. The maximum atomic E-state index is 12.0. The SMILES string of the molecule is Cc1nc(CN2CCN(c3nc4[nH]ncc4c(=O)[nH]3)CC2)cs1. The van der Waals surface area contributed by atoms with Gasteiger partial charge >= 0.3 is 0 Å². The minimum Gasteiger partial charge on any atom is -0.340 e. The van der Waals surface area contributed by atoms with Crippen molar-refractivity contribution in [2.75, 3.05) is 31.1 Å². The Morgan fingerprint density at radius 2 is 2.09 bits per heavy atom. The molecule has 0 aromatic carbocycles. The summed E-state index contributed by atoms with van der Waals surface area (Å²) in [4.78, 5) is 28.3. The first-order valence-corrected chi connectivity index (χ1v) is 8.39. The first-order valence-electron chi connectivity index (χ1n) is 7.51. The molecule has 0 saturated carbocycles. The molecule has 23 heavy (non-hydrogen) atoms. The molecule has 120 valence electrons. The van der Waals surface area contributed by atoms with Gasteiger partial charge in [0.2, 0.25) is 5.95 Å². The summed E-state index contributed by atoms with van der Waals surface area (Å²) in [5.41, 5.74) is 1.51. The van der Waals surface area contributed by atoms with Crippen LogP contribution in [0.25, 0.3) is 11.0 Å². The van der Waals surface area contributed by atoms with E-state index in [9.17, 15) is 4.79 Å². The lowest BCUT2D eigenvalue weighted by molar-refractivity contribution is 0.246. The Morgan fingerprint density at radius 1 is 1.26 bits per heavy atom. The van der Waals surface area contributed by atoms with Crippen molar-refractivity contribution in [3.63, 3.8) is 0 Å². The summed E-state index contributed by atoms with van der Waals surface area (Å²) in [6.45, 7) is 6.39. The molecule has 0 radical (unpaired) electrons. The summed E-state index contributed by atoms with van der Waals surface area (Å²) in [5.74, 6) is 0.607. The van der Waals surface area contributed by atoms with Crippen LogP contribution in [-0.4, -0.2) is 56.2 Å². The molecule has 0 aliphatic carbocycles. The highest BCUT2D eigenvalue weighted by Gasteiger charge is 2.20. The van der Waals surface area contributed by atoms with E-state index in [2.05, 4.69) is 40.3 Å². The first kappa shape index (κ1) is 14.3. The highest BCUT2D eigenvalue weighted by atomic mass is 32.1. The minimum absolute atomic E-state index is 0.154. The van der Waals surface area contributed by atoms with E-state index < -0.39 is 0 Å². The van der Waals surface area contributed by atoms with Gasteiger partial charge in [0, 0.05) is 38.1 Å². The zero-order chi connectivity index (χ0) is 15.8. The second-order valence-corrected chi connectivity index (χ2v) is 6.71. The van der Waals surface area contributed by atoms with Gasteiger partial charge in [-0.05, 0) is 6.92 Å². The average molecular weight is 331 g/mol. The third kappa shape index (κ3) is 2.84. The second kappa shape index (κ2) is 5.74. The molecule has 4 heterocycles. The fourth-order valence-electron chi connectivity index (χ4n) is 2.81. The Kier molecular flexibility index (Phi) is 3.58. The number of rotatable bonds is 3. The number of nitrogens with zero attached hydrogens (tertiary/aromatic N) is 5. The number of fused-ring (bicyclic) bond motifs is 1. The molecule has 3 aromatic heterocycles. The Morgan fingerprint density at radius 3 is 2.83 bits per heavy atom. The highest BCUT2D eigenvalue weighted by molar-refractivity contribution is 7.09. The molecule has 1 aliphatic heterocycles. The Hall–Kier alpha value is -2.26. The van der Waals surface area contributed by atoms with Crippen LogP contribution in [0, 0.1) is 6.92 Å². The number of hydrogen-bond acceptors (Lipinski definition) is 7. The minimum atomic E-state index is -0.154. The van der Waals surface area contributed by atoms with Gasteiger partial charge in [0.15, 0.2) is 5.65 Å². The number of hydrogen-bond donors (Lipinski definition) is 2. The summed E-state index contributed by atoms with van der Waals surface area (Å²) in [6, 6.07) is 0. The number of piperazine rings is 1. The van der Waals surface area contributed by atoms with Gasteiger partial charge in [-0.3, -0.25) is 19.8 Å². The molecule has 1 saturated heterocycles. The Balaban J connectivity index is 1.45. The molecule has 0 bridgehead atoms. The van der Waals surface area contributed by atoms with Gasteiger partial charge in [-0.15, -0.1) is 11.3 Å². The summed E-state index contributed by atoms with van der Waals surface area (Å²) in [7, 11) is 0. The summed E-state index contributed by atoms with van der Waals surface area (Å²) >= 11 is 1.69. The second-order valence-electron chi connectivity index (χ2n) is 5.64. The summed E-state index contributed by atoms with van der Waals surface area (Å²) < 4.78 is 0. The molecule has 1 fully saturated rings. The quantitative estimate of drug-likeness (QED) is 0.735. The van der Waals surface area contributed by atoms with Gasteiger partial charge < -0.3 is 4.90 Å². The van der Waals surface area contributed by atoms with Crippen molar-refractivity contribution in [3.8, 4) is 0 Å². The Bertz CT molecular complexity index is 875. The van der Waals surface area contributed by atoms with Crippen LogP contribution in [0.2, 0.25) is 0 Å². The smallest absolute Gasteiger partial charge is 0.263 e. The molecule has 1 aliphatic rings. The maximum Gasteiger partial charge on any atom is 0.263 e. The van der Waals surface area contributed by atoms with Gasteiger partial charge in [-0.25, -0.2) is 4.98 Å². The van der Waals surface area contributed by atoms with Crippen LogP contribution >= 0.6 is 11.3 Å². The first-order chi connectivity index (χ1) is 11.2. The molecule has 0 spiro atoms. The number of H-pyrrole nitrogens is 2. The zero-order valence-electron chi connectivity index (χ0n) is 12.7. The average Bonchev–Trinajstić information content (AvgIpc) is 3.17. The van der Waals surface area contributed by atoms with Crippen LogP contribution in [-0.2, 0) is 6.54 Å². The van der Waals surface area contributed by atoms with Crippen molar-refractivity contribution >= 4 is 28.3 Å². The van der Waals surface area contributed by atoms with E-state index >= 15 is 0 Å². The number of nitrogens with one attached hydrogen (secondary N) is 2. The maximum absolute atomic E-state index is 12.0. The third-order valence-corrected chi connectivity index (χ3v) is 4.85. The van der Waals surface area contributed by atoms with Crippen LogP contribution in [0.15, 0.2) is 16.4 Å². The monoisotopic (exact) mass is 331 g/mol. The number of aromatic amines is 2. The molecule has 0 unspecified atom stereocenters. The van der Waals surface area contributed by atoms with E-state index in [1.165, 1.54) is 6.20 Å². The lowest BCUT2D eigenvalue weighted by Crippen LogP contribution is -2.47. The van der Waals surface area contributed by atoms with E-state index in [4.69, 9.17) is 0 Å². The van der Waals surface area contributed by atoms with Crippen LogP contribution in [0.1, 0.15) is 10.7 Å². The summed E-state index contributed by atoms with van der Waals surface area (Å²) in [6.07, 6.45) is 1.50. The van der Waals surface area contributed by atoms with Crippen LogP contribution < -0.4 is 10.5 Å². The lowest BCUT2D eigenvalue weighted by atomic mass is 10.3. The van der Waals surface area contributed by atoms with Crippen molar-refractivity contribution < 1.29 is 0 Å². The molecular weight excluding hydrogens is 314 g/mol. The number of thiazole rings is 1. The molecule has 9 heteroatoms. The van der Waals surface area contributed by atoms with E-state index in [-0.39, 0.29) is 5.56 Å². The Labute approximate surface area is 136 Å². The number of anilines is 1. The van der Waals surface area contributed by atoms with Crippen LogP contribution in [0.5, 0.6) is 0 Å². The summed E-state index contributed by atoms with van der Waals surface area (Å²) in [5, 5.41) is 10.3. The molecular formula is C14H17N7OS. The van der Waals surface area contributed by atoms with Gasteiger partial charge in [-0.2, -0.15) is 10.1 Å². The van der Waals surface area contributed by atoms with E-state index in [1.54, 1.807) is 11.3 Å². The predicted molar refractivity (Wildman–Crippen MR) is 88.9 cm³/mol. The van der Waals surface area contributed by atoms with Crippen molar-refractivity contribution in [1.82, 2.24) is 30.0 Å². The third-order valence-electron chi connectivity index (χ3n) is 4.03. The number of aryl methyl sites for hydroxylation is 1. The standard InChI is InChI=1S/C14H17N7OS/c1-9-16-10(8-23-9)7-20-2-4-21(5-3-20)14-17-12-11(6-15-19-12)13(22)18-14/h6,8H,2-5,7H2,1H3,(H2,15,17,18,19,22). The fourth-order valence-corrected chi connectivity index (χ4v) is 3.41. The van der Waals surface area contributed by atoms with Gasteiger partial charge in [-0.1, -0.05) is 0 Å². The molecule has 8 nitrogen and oxygen atoms in total. The van der Waals surface area contributed by atoms with Crippen LogP contribution in [0.3, 0.4) is 0 Å². The van der Waals surface area contributed by atoms with Crippen molar-refractivity contribution in [2.24, 2.45) is 0 Å². The molecule has 4 rings (SSSR count). The molecule has 0 amide bonds. The fraction of sp³-hybridized carbons (Fsp3) is 0.429. The van der Waals surface area contributed by atoms with E-state index in [0.717, 1.165) is 43.4 Å².